The maximum absolute atomic E-state index is 6.36. The Balaban J connectivity index is 1.13. The molecule has 2 nitrogen and oxygen atoms in total. The first-order chi connectivity index (χ1) is 27.3. The number of hydrogen-bond donors (Lipinski definition) is 0. The summed E-state index contributed by atoms with van der Waals surface area (Å²) < 4.78 is 6.36. The van der Waals surface area contributed by atoms with Gasteiger partial charge in [0.15, 0.2) is 0 Å². The highest BCUT2D eigenvalue weighted by Crippen LogP contribution is 2.56. The van der Waals surface area contributed by atoms with Gasteiger partial charge in [-0.2, -0.15) is 0 Å². The quantitative estimate of drug-likeness (QED) is 0.176. The van der Waals surface area contributed by atoms with Crippen molar-refractivity contribution in [2.24, 2.45) is 0 Å². The summed E-state index contributed by atoms with van der Waals surface area (Å²) in [7, 11) is 0. The first-order valence-electron chi connectivity index (χ1n) is 19.7. The molecule has 0 unspecified atom stereocenters. The predicted octanol–water partition coefficient (Wildman–Crippen LogP) is 15.0. The van der Waals surface area contributed by atoms with Crippen molar-refractivity contribution in [2.75, 3.05) is 4.90 Å². The summed E-state index contributed by atoms with van der Waals surface area (Å²) in [5.41, 5.74) is 20.4. The van der Waals surface area contributed by atoms with Gasteiger partial charge in [-0.1, -0.05) is 155 Å². The number of anilines is 3. The van der Waals surface area contributed by atoms with Crippen LogP contribution in [0.2, 0.25) is 0 Å². The molecule has 8 aromatic carbocycles. The van der Waals surface area contributed by atoms with E-state index in [4.69, 9.17) is 4.42 Å². The van der Waals surface area contributed by atoms with Gasteiger partial charge in [-0.15, -0.1) is 0 Å². The van der Waals surface area contributed by atoms with E-state index in [2.05, 4.69) is 196 Å². The molecule has 2 aliphatic rings. The van der Waals surface area contributed by atoms with Crippen LogP contribution in [0.5, 0.6) is 0 Å². The Labute approximate surface area is 328 Å². The van der Waals surface area contributed by atoms with E-state index in [9.17, 15) is 0 Å². The molecule has 268 valence electrons. The van der Waals surface area contributed by atoms with Crippen molar-refractivity contribution < 1.29 is 4.42 Å². The number of benzene rings is 8. The first-order valence-corrected chi connectivity index (χ1v) is 19.7. The first kappa shape index (κ1) is 32.8. The van der Waals surface area contributed by atoms with Gasteiger partial charge in [0, 0.05) is 38.4 Å². The van der Waals surface area contributed by atoms with Crippen LogP contribution in [0.25, 0.3) is 66.4 Å². The van der Waals surface area contributed by atoms with Crippen molar-refractivity contribution >= 4 is 39.0 Å². The van der Waals surface area contributed by atoms with Crippen LogP contribution in [0, 0.1) is 0 Å². The van der Waals surface area contributed by atoms with E-state index in [0.717, 1.165) is 44.4 Å². The number of nitrogens with zero attached hydrogens (tertiary/aromatic N) is 1. The summed E-state index contributed by atoms with van der Waals surface area (Å²) in [6.07, 6.45) is 0. The van der Waals surface area contributed by atoms with E-state index < -0.39 is 0 Å². The summed E-state index contributed by atoms with van der Waals surface area (Å²) in [5, 5.41) is 2.28. The molecule has 9 aromatic rings. The molecule has 2 heteroatoms. The van der Waals surface area contributed by atoms with Gasteiger partial charge in [0.25, 0.3) is 0 Å². The van der Waals surface area contributed by atoms with E-state index in [1.54, 1.807) is 0 Å². The van der Waals surface area contributed by atoms with Crippen LogP contribution in [0.4, 0.5) is 17.1 Å². The van der Waals surface area contributed by atoms with Gasteiger partial charge in [0.1, 0.15) is 11.2 Å². The lowest BCUT2D eigenvalue weighted by atomic mass is 9.81. The molecule has 0 N–H and O–H groups in total. The molecule has 1 heterocycles. The van der Waals surface area contributed by atoms with E-state index >= 15 is 0 Å². The summed E-state index contributed by atoms with van der Waals surface area (Å²) in [4.78, 5) is 2.50. The number of para-hydroxylation sites is 2. The van der Waals surface area contributed by atoms with Crippen molar-refractivity contribution in [3.8, 4) is 44.5 Å². The highest BCUT2D eigenvalue weighted by atomic mass is 16.3. The number of fused-ring (bicyclic) bond motifs is 9. The smallest absolute Gasteiger partial charge is 0.136 e. The highest BCUT2D eigenvalue weighted by molar-refractivity contribution is 6.06. The van der Waals surface area contributed by atoms with E-state index in [1.165, 1.54) is 61.3 Å². The third kappa shape index (κ3) is 4.69. The van der Waals surface area contributed by atoms with Crippen molar-refractivity contribution in [3.05, 3.63) is 198 Å². The van der Waals surface area contributed by atoms with Crippen molar-refractivity contribution in [1.82, 2.24) is 0 Å². The van der Waals surface area contributed by atoms with Crippen LogP contribution in [-0.4, -0.2) is 0 Å². The largest absolute Gasteiger partial charge is 0.456 e. The normalized spacial score (nSPS) is 14.4. The average Bonchev–Trinajstić information content (AvgIpc) is 3.81. The van der Waals surface area contributed by atoms with E-state index in [1.807, 2.05) is 12.1 Å². The topological polar surface area (TPSA) is 16.4 Å². The number of furan rings is 1. The Morgan fingerprint density at radius 1 is 0.375 bits per heavy atom. The Hall–Kier alpha value is -6.64. The molecule has 11 rings (SSSR count). The van der Waals surface area contributed by atoms with Gasteiger partial charge < -0.3 is 9.32 Å². The summed E-state index contributed by atoms with van der Waals surface area (Å²) in [6, 6.07) is 64.7. The molecule has 0 saturated heterocycles. The van der Waals surface area contributed by atoms with Crippen LogP contribution >= 0.6 is 0 Å². The lowest BCUT2D eigenvalue weighted by molar-refractivity contribution is 0.660. The molecule has 0 amide bonds. The molecular formula is C54H41NO. The van der Waals surface area contributed by atoms with E-state index in [-0.39, 0.29) is 10.8 Å². The minimum Gasteiger partial charge on any atom is -0.456 e. The number of rotatable bonds is 5. The Kier molecular flexibility index (Phi) is 6.98. The Morgan fingerprint density at radius 3 is 1.82 bits per heavy atom. The zero-order chi connectivity index (χ0) is 37.8. The molecule has 0 radical (unpaired) electrons. The third-order valence-electron chi connectivity index (χ3n) is 12.7. The second kappa shape index (κ2) is 11.9. The van der Waals surface area contributed by atoms with Gasteiger partial charge in [-0.3, -0.25) is 0 Å². The summed E-state index contributed by atoms with van der Waals surface area (Å²) in [6.45, 7) is 9.44. The summed E-state index contributed by atoms with van der Waals surface area (Å²) in [5.74, 6) is 0. The molecule has 0 bridgehead atoms. The number of hydrogen-bond acceptors (Lipinski definition) is 2. The van der Waals surface area contributed by atoms with Crippen LogP contribution < -0.4 is 4.90 Å². The van der Waals surface area contributed by atoms with Crippen LogP contribution in [0.15, 0.2) is 180 Å². The Bertz CT molecular complexity index is 3050. The minimum atomic E-state index is -0.127. The Morgan fingerprint density at radius 2 is 0.964 bits per heavy atom. The molecule has 0 aliphatic heterocycles. The van der Waals surface area contributed by atoms with Crippen molar-refractivity contribution in [1.29, 1.82) is 0 Å². The zero-order valence-corrected chi connectivity index (χ0v) is 32.1. The van der Waals surface area contributed by atoms with Gasteiger partial charge >= 0.3 is 0 Å². The van der Waals surface area contributed by atoms with Gasteiger partial charge in [0.05, 0.1) is 11.4 Å². The molecule has 0 atom stereocenters. The van der Waals surface area contributed by atoms with Gasteiger partial charge in [-0.05, 0) is 104 Å². The SMILES string of the molecule is CC1(C)c2ccccc2-c2ccc(-c3ccccc3N(c3cccc(-c4ccc5c(c4)oc4ccccc45)c3)c3cccc4c3-c3ccccc3C4(C)C)cc21. The molecule has 1 aromatic heterocycles. The predicted molar refractivity (Wildman–Crippen MR) is 234 cm³/mol. The zero-order valence-electron chi connectivity index (χ0n) is 32.1. The fourth-order valence-corrected chi connectivity index (χ4v) is 9.84. The highest BCUT2D eigenvalue weighted by Gasteiger charge is 2.39. The second-order valence-electron chi connectivity index (χ2n) is 16.5. The molecule has 56 heavy (non-hydrogen) atoms. The lowest BCUT2D eigenvalue weighted by Gasteiger charge is -2.31. The monoisotopic (exact) mass is 719 g/mol. The maximum atomic E-state index is 6.36. The third-order valence-corrected chi connectivity index (χ3v) is 12.7. The second-order valence-corrected chi connectivity index (χ2v) is 16.5. The fourth-order valence-electron chi connectivity index (χ4n) is 9.84. The lowest BCUT2D eigenvalue weighted by Crippen LogP contribution is -2.16. The van der Waals surface area contributed by atoms with Crippen LogP contribution in [0.3, 0.4) is 0 Å². The molecule has 0 saturated carbocycles. The minimum absolute atomic E-state index is 0.0958. The van der Waals surface area contributed by atoms with E-state index in [0.29, 0.717) is 0 Å². The van der Waals surface area contributed by atoms with Crippen LogP contribution in [-0.2, 0) is 10.8 Å². The molecular weight excluding hydrogens is 679 g/mol. The van der Waals surface area contributed by atoms with Crippen molar-refractivity contribution in [3.63, 3.8) is 0 Å². The van der Waals surface area contributed by atoms with Crippen LogP contribution in [0.1, 0.15) is 49.9 Å². The molecule has 2 aliphatic carbocycles. The standard InChI is InChI=1S/C54H41NO/c1-53(2)45-22-10-6-20-43(45)52-46(53)23-14-25-49(52)55(37-16-13-15-34(31-37)35-27-30-42-41-19-8-12-26-50(41)56-51(42)33-35)48-24-11-7-17-38(48)36-28-29-40-39-18-5-9-21-44(39)54(3,4)47(40)32-36/h5-33H,1-4H3. The summed E-state index contributed by atoms with van der Waals surface area (Å²) >= 11 is 0. The van der Waals surface area contributed by atoms with Gasteiger partial charge in [-0.25, -0.2) is 0 Å². The fraction of sp³-hybridized carbons (Fsp3) is 0.111. The average molecular weight is 720 g/mol. The molecule has 0 spiro atoms. The van der Waals surface area contributed by atoms with Gasteiger partial charge in [0.2, 0.25) is 0 Å². The molecule has 0 fully saturated rings. The van der Waals surface area contributed by atoms with Crippen molar-refractivity contribution in [2.45, 2.75) is 38.5 Å². The maximum Gasteiger partial charge on any atom is 0.136 e.